The van der Waals surface area contributed by atoms with Crippen LogP contribution in [0.25, 0.3) is 33.5 Å². The zero-order valence-corrected chi connectivity index (χ0v) is 14.2. The van der Waals surface area contributed by atoms with Crippen LogP contribution in [0.1, 0.15) is 5.56 Å². The molecule has 0 amide bonds. The summed E-state index contributed by atoms with van der Waals surface area (Å²) in [6.45, 7) is 2.08. The number of benzene rings is 3. The number of hydrogen-bond acceptors (Lipinski definition) is 3. The lowest BCUT2D eigenvalue weighted by atomic mass is 10.1. The van der Waals surface area contributed by atoms with E-state index in [0.717, 1.165) is 39.3 Å². The van der Waals surface area contributed by atoms with Crippen molar-refractivity contribution in [2.24, 2.45) is 0 Å². The Hall–Kier alpha value is -3.20. The average molecular weight is 326 g/mol. The second kappa shape index (κ2) is 6.36. The number of methoxy groups -OCH3 is 1. The van der Waals surface area contributed by atoms with Crippen molar-refractivity contribution in [3.8, 4) is 28.4 Å². The fourth-order valence-electron chi connectivity index (χ4n) is 2.88. The summed E-state index contributed by atoms with van der Waals surface area (Å²) in [6, 6.07) is 24.4. The monoisotopic (exact) mass is 326 g/mol. The predicted molar refractivity (Wildman–Crippen MR) is 102 cm³/mol. The van der Waals surface area contributed by atoms with E-state index < -0.39 is 0 Å². The number of aromatic nitrogens is 2. The first-order valence-corrected chi connectivity index (χ1v) is 8.23. The van der Waals surface area contributed by atoms with Gasteiger partial charge in [0.15, 0.2) is 5.82 Å². The zero-order valence-electron chi connectivity index (χ0n) is 14.2. The maximum Gasteiger partial charge on any atom is 0.160 e. The highest BCUT2D eigenvalue weighted by atomic mass is 16.5. The van der Waals surface area contributed by atoms with E-state index in [9.17, 15) is 0 Å². The Morgan fingerprint density at radius 3 is 2.12 bits per heavy atom. The molecule has 4 aromatic rings. The van der Waals surface area contributed by atoms with Gasteiger partial charge in [-0.2, -0.15) is 0 Å². The lowest BCUT2D eigenvalue weighted by Gasteiger charge is -2.10. The molecule has 122 valence electrons. The van der Waals surface area contributed by atoms with Gasteiger partial charge in [-0.25, -0.2) is 9.97 Å². The molecule has 3 heteroatoms. The Morgan fingerprint density at radius 1 is 0.720 bits per heavy atom. The summed E-state index contributed by atoms with van der Waals surface area (Å²) in [7, 11) is 1.67. The van der Waals surface area contributed by atoms with Gasteiger partial charge >= 0.3 is 0 Å². The van der Waals surface area contributed by atoms with Crippen LogP contribution in [-0.4, -0.2) is 17.1 Å². The molecule has 0 saturated carbocycles. The summed E-state index contributed by atoms with van der Waals surface area (Å²) in [5.74, 6) is 1.57. The van der Waals surface area contributed by atoms with Crippen molar-refractivity contribution in [1.82, 2.24) is 9.97 Å². The Kier molecular flexibility index (Phi) is 3.90. The van der Waals surface area contributed by atoms with Gasteiger partial charge in [-0.15, -0.1) is 0 Å². The molecule has 3 nitrogen and oxygen atoms in total. The minimum atomic E-state index is 0.740. The highest BCUT2D eigenvalue weighted by Crippen LogP contribution is 2.30. The van der Waals surface area contributed by atoms with E-state index >= 15 is 0 Å². The minimum Gasteiger partial charge on any atom is -0.497 e. The summed E-state index contributed by atoms with van der Waals surface area (Å²) in [6.07, 6.45) is 0. The molecular formula is C22H18N2O. The Balaban J connectivity index is 1.93. The number of ether oxygens (including phenoxy) is 1. The quantitative estimate of drug-likeness (QED) is 0.514. The zero-order chi connectivity index (χ0) is 17.2. The largest absolute Gasteiger partial charge is 0.497 e. The third-order valence-electron chi connectivity index (χ3n) is 4.28. The topological polar surface area (TPSA) is 35.0 Å². The van der Waals surface area contributed by atoms with Gasteiger partial charge in [0, 0.05) is 16.5 Å². The van der Waals surface area contributed by atoms with E-state index in [2.05, 4.69) is 37.3 Å². The van der Waals surface area contributed by atoms with Gasteiger partial charge in [0.25, 0.3) is 0 Å². The Morgan fingerprint density at radius 2 is 1.40 bits per heavy atom. The predicted octanol–water partition coefficient (Wildman–Crippen LogP) is 5.28. The van der Waals surface area contributed by atoms with Crippen molar-refractivity contribution in [2.75, 3.05) is 7.11 Å². The number of hydrogen-bond donors (Lipinski definition) is 0. The summed E-state index contributed by atoms with van der Waals surface area (Å²) < 4.78 is 5.26. The van der Waals surface area contributed by atoms with Gasteiger partial charge in [0.05, 0.1) is 18.3 Å². The molecule has 1 aromatic heterocycles. The van der Waals surface area contributed by atoms with E-state index in [1.807, 2.05) is 42.5 Å². The highest BCUT2D eigenvalue weighted by molar-refractivity contribution is 5.93. The third kappa shape index (κ3) is 2.96. The summed E-state index contributed by atoms with van der Waals surface area (Å²) in [4.78, 5) is 9.63. The summed E-state index contributed by atoms with van der Waals surface area (Å²) in [5.41, 5.74) is 5.17. The molecule has 3 aromatic carbocycles. The van der Waals surface area contributed by atoms with E-state index in [1.165, 1.54) is 5.56 Å². The number of nitrogens with zero attached hydrogens (tertiary/aromatic N) is 2. The van der Waals surface area contributed by atoms with Crippen LogP contribution in [0.3, 0.4) is 0 Å². The molecule has 25 heavy (non-hydrogen) atoms. The van der Waals surface area contributed by atoms with E-state index in [4.69, 9.17) is 14.7 Å². The first-order chi connectivity index (χ1) is 12.2. The molecule has 0 saturated heterocycles. The number of para-hydroxylation sites is 1. The molecule has 0 atom stereocenters. The van der Waals surface area contributed by atoms with E-state index in [1.54, 1.807) is 7.11 Å². The minimum absolute atomic E-state index is 0.740. The first-order valence-electron chi connectivity index (χ1n) is 8.23. The van der Waals surface area contributed by atoms with Crippen LogP contribution in [0.5, 0.6) is 5.75 Å². The molecule has 1 heterocycles. The SMILES string of the molecule is COc1ccc(-c2nc(-c3ccc(C)cc3)nc3ccccc23)cc1. The van der Waals surface area contributed by atoms with Crippen molar-refractivity contribution < 1.29 is 4.74 Å². The standard InChI is InChI=1S/C22H18N2O/c1-15-7-9-17(10-8-15)22-23-20-6-4-3-5-19(20)21(24-22)16-11-13-18(25-2)14-12-16/h3-14H,1-2H3. The van der Waals surface area contributed by atoms with Gasteiger partial charge in [-0.05, 0) is 37.3 Å². The normalized spacial score (nSPS) is 10.8. The molecule has 0 radical (unpaired) electrons. The number of fused-ring (bicyclic) bond motifs is 1. The summed E-state index contributed by atoms with van der Waals surface area (Å²) >= 11 is 0. The molecule has 4 rings (SSSR count). The molecule has 0 unspecified atom stereocenters. The second-order valence-electron chi connectivity index (χ2n) is 6.01. The molecule has 0 N–H and O–H groups in total. The Labute approximate surface area is 147 Å². The lowest BCUT2D eigenvalue weighted by molar-refractivity contribution is 0.415. The van der Waals surface area contributed by atoms with Gasteiger partial charge in [0.2, 0.25) is 0 Å². The lowest BCUT2D eigenvalue weighted by Crippen LogP contribution is -1.95. The molecule has 0 aliphatic rings. The molecule has 0 fully saturated rings. The van der Waals surface area contributed by atoms with Crippen LogP contribution in [0, 0.1) is 6.92 Å². The van der Waals surface area contributed by atoms with Crippen LogP contribution in [0.2, 0.25) is 0 Å². The molecule has 0 aliphatic carbocycles. The fourth-order valence-corrected chi connectivity index (χ4v) is 2.88. The van der Waals surface area contributed by atoms with E-state index in [-0.39, 0.29) is 0 Å². The van der Waals surface area contributed by atoms with Crippen LogP contribution < -0.4 is 4.74 Å². The average Bonchev–Trinajstić information content (AvgIpc) is 2.68. The Bertz CT molecular complexity index is 1020. The molecule has 0 aliphatic heterocycles. The first kappa shape index (κ1) is 15.3. The van der Waals surface area contributed by atoms with Crippen molar-refractivity contribution in [1.29, 1.82) is 0 Å². The van der Waals surface area contributed by atoms with Crippen molar-refractivity contribution >= 4 is 10.9 Å². The highest BCUT2D eigenvalue weighted by Gasteiger charge is 2.11. The van der Waals surface area contributed by atoms with Gasteiger partial charge in [-0.3, -0.25) is 0 Å². The van der Waals surface area contributed by atoms with Crippen molar-refractivity contribution in [3.05, 3.63) is 78.4 Å². The number of rotatable bonds is 3. The molecule has 0 bridgehead atoms. The van der Waals surface area contributed by atoms with Crippen LogP contribution in [0.4, 0.5) is 0 Å². The second-order valence-corrected chi connectivity index (χ2v) is 6.01. The van der Waals surface area contributed by atoms with Gasteiger partial charge in [-0.1, -0.05) is 48.0 Å². The molecule has 0 spiro atoms. The third-order valence-corrected chi connectivity index (χ3v) is 4.28. The fraction of sp³-hybridized carbons (Fsp3) is 0.0909. The maximum absolute atomic E-state index is 5.26. The van der Waals surface area contributed by atoms with Crippen LogP contribution >= 0.6 is 0 Å². The maximum atomic E-state index is 5.26. The smallest absolute Gasteiger partial charge is 0.160 e. The van der Waals surface area contributed by atoms with Crippen LogP contribution in [-0.2, 0) is 0 Å². The summed E-state index contributed by atoms with van der Waals surface area (Å²) in [5, 5.41) is 1.04. The van der Waals surface area contributed by atoms with Crippen molar-refractivity contribution in [2.45, 2.75) is 6.92 Å². The van der Waals surface area contributed by atoms with E-state index in [0.29, 0.717) is 0 Å². The van der Waals surface area contributed by atoms with Crippen LogP contribution in [0.15, 0.2) is 72.8 Å². The van der Waals surface area contributed by atoms with Gasteiger partial charge < -0.3 is 4.74 Å². The molecular weight excluding hydrogens is 308 g/mol. The van der Waals surface area contributed by atoms with Crippen molar-refractivity contribution in [3.63, 3.8) is 0 Å². The van der Waals surface area contributed by atoms with Gasteiger partial charge in [0.1, 0.15) is 5.75 Å². The number of aryl methyl sites for hydroxylation is 1.